The molecule has 0 saturated heterocycles. The van der Waals surface area contributed by atoms with Gasteiger partial charge in [-0.05, 0) is 19.1 Å². The van der Waals surface area contributed by atoms with Crippen molar-refractivity contribution in [3.8, 4) is 22.8 Å². The fourth-order valence-electron chi connectivity index (χ4n) is 1.78. The Morgan fingerprint density at radius 1 is 1.11 bits per heavy atom. The number of nitrogens with zero attached hydrogens (tertiary/aromatic N) is 2. The maximum absolute atomic E-state index is 6.04. The molecule has 0 aliphatic rings. The SMILES string of the molecule is COc1cc(OC)cc(-c2nc(C)n(C)c2N)c1. The van der Waals surface area contributed by atoms with Crippen LogP contribution in [-0.4, -0.2) is 23.8 Å². The fourth-order valence-corrected chi connectivity index (χ4v) is 1.78. The Morgan fingerprint density at radius 2 is 1.67 bits per heavy atom. The third-order valence-electron chi connectivity index (χ3n) is 2.99. The van der Waals surface area contributed by atoms with Gasteiger partial charge in [0.25, 0.3) is 0 Å². The van der Waals surface area contributed by atoms with Crippen LogP contribution in [0.4, 0.5) is 5.82 Å². The van der Waals surface area contributed by atoms with Crippen LogP contribution in [-0.2, 0) is 7.05 Å². The average Bonchev–Trinajstić information content (AvgIpc) is 2.65. The highest BCUT2D eigenvalue weighted by Gasteiger charge is 2.13. The van der Waals surface area contributed by atoms with Gasteiger partial charge in [-0.1, -0.05) is 0 Å². The molecule has 0 spiro atoms. The van der Waals surface area contributed by atoms with Gasteiger partial charge in [-0.2, -0.15) is 0 Å². The summed E-state index contributed by atoms with van der Waals surface area (Å²) in [6.07, 6.45) is 0. The normalized spacial score (nSPS) is 10.4. The number of nitrogen functional groups attached to an aromatic ring is 1. The quantitative estimate of drug-likeness (QED) is 0.901. The lowest BCUT2D eigenvalue weighted by Crippen LogP contribution is -1.98. The van der Waals surface area contributed by atoms with Crippen LogP contribution in [0.5, 0.6) is 11.5 Å². The van der Waals surface area contributed by atoms with E-state index in [1.807, 2.05) is 36.7 Å². The van der Waals surface area contributed by atoms with Crippen LogP contribution in [0.1, 0.15) is 5.82 Å². The lowest BCUT2D eigenvalue weighted by atomic mass is 10.1. The van der Waals surface area contributed by atoms with Crippen LogP contribution >= 0.6 is 0 Å². The molecule has 5 heteroatoms. The van der Waals surface area contributed by atoms with Crippen molar-refractivity contribution in [2.24, 2.45) is 7.05 Å². The van der Waals surface area contributed by atoms with Crippen LogP contribution in [0.15, 0.2) is 18.2 Å². The van der Waals surface area contributed by atoms with Crippen molar-refractivity contribution in [3.63, 3.8) is 0 Å². The summed E-state index contributed by atoms with van der Waals surface area (Å²) in [7, 11) is 5.12. The summed E-state index contributed by atoms with van der Waals surface area (Å²) < 4.78 is 12.3. The highest BCUT2D eigenvalue weighted by molar-refractivity contribution is 5.73. The zero-order valence-corrected chi connectivity index (χ0v) is 11.0. The Kier molecular flexibility index (Phi) is 3.14. The van der Waals surface area contributed by atoms with E-state index in [0.717, 1.165) is 17.1 Å². The summed E-state index contributed by atoms with van der Waals surface area (Å²) in [5.41, 5.74) is 7.66. The van der Waals surface area contributed by atoms with Gasteiger partial charge in [0.05, 0.1) is 14.2 Å². The molecule has 0 radical (unpaired) electrons. The Labute approximate surface area is 106 Å². The molecule has 0 fully saturated rings. The molecule has 0 aliphatic carbocycles. The van der Waals surface area contributed by atoms with Crippen molar-refractivity contribution in [1.82, 2.24) is 9.55 Å². The van der Waals surface area contributed by atoms with Crippen molar-refractivity contribution in [1.29, 1.82) is 0 Å². The van der Waals surface area contributed by atoms with E-state index in [1.165, 1.54) is 0 Å². The molecule has 0 unspecified atom stereocenters. The first kappa shape index (κ1) is 12.3. The minimum atomic E-state index is 0.628. The lowest BCUT2D eigenvalue weighted by molar-refractivity contribution is 0.394. The number of ether oxygens (including phenoxy) is 2. The summed E-state index contributed by atoms with van der Waals surface area (Å²) in [6.45, 7) is 1.91. The molecule has 1 aromatic carbocycles. The average molecular weight is 247 g/mol. The van der Waals surface area contributed by atoms with E-state index in [9.17, 15) is 0 Å². The number of hydrogen-bond donors (Lipinski definition) is 1. The summed E-state index contributed by atoms with van der Waals surface area (Å²) in [4.78, 5) is 4.46. The number of rotatable bonds is 3. The van der Waals surface area contributed by atoms with Gasteiger partial charge in [-0.15, -0.1) is 0 Å². The fraction of sp³-hybridized carbons (Fsp3) is 0.308. The first-order valence-electron chi connectivity index (χ1n) is 5.59. The third kappa shape index (κ3) is 1.99. The van der Waals surface area contributed by atoms with Crippen molar-refractivity contribution in [2.75, 3.05) is 20.0 Å². The molecule has 2 rings (SSSR count). The zero-order valence-electron chi connectivity index (χ0n) is 11.0. The number of aromatic nitrogens is 2. The van der Waals surface area contributed by atoms with Crippen LogP contribution in [0.25, 0.3) is 11.3 Å². The topological polar surface area (TPSA) is 62.3 Å². The second kappa shape index (κ2) is 4.60. The molecule has 2 N–H and O–H groups in total. The smallest absolute Gasteiger partial charge is 0.131 e. The van der Waals surface area contributed by atoms with Gasteiger partial charge in [0.2, 0.25) is 0 Å². The third-order valence-corrected chi connectivity index (χ3v) is 2.99. The molecule has 5 nitrogen and oxygen atoms in total. The Bertz CT molecular complexity index is 554. The van der Waals surface area contributed by atoms with Gasteiger partial charge in [0.1, 0.15) is 28.8 Å². The van der Waals surface area contributed by atoms with E-state index in [-0.39, 0.29) is 0 Å². The maximum atomic E-state index is 6.04. The Morgan fingerprint density at radius 3 is 2.06 bits per heavy atom. The van der Waals surface area contributed by atoms with Gasteiger partial charge < -0.3 is 19.8 Å². The van der Waals surface area contributed by atoms with Crippen molar-refractivity contribution < 1.29 is 9.47 Å². The van der Waals surface area contributed by atoms with Crippen molar-refractivity contribution in [3.05, 3.63) is 24.0 Å². The van der Waals surface area contributed by atoms with Gasteiger partial charge in [-0.3, -0.25) is 0 Å². The minimum absolute atomic E-state index is 0.628. The molecule has 0 atom stereocenters. The van der Waals surface area contributed by atoms with Crippen molar-refractivity contribution >= 4 is 5.82 Å². The predicted octanol–water partition coefficient (Wildman–Crippen LogP) is 1.99. The Balaban J connectivity index is 2.59. The number of hydrogen-bond acceptors (Lipinski definition) is 4. The first-order chi connectivity index (χ1) is 8.56. The largest absolute Gasteiger partial charge is 0.497 e. The van der Waals surface area contributed by atoms with E-state index in [2.05, 4.69) is 4.98 Å². The molecule has 0 aliphatic heterocycles. The number of aryl methyl sites for hydroxylation is 1. The van der Waals surface area contributed by atoms with E-state index in [4.69, 9.17) is 15.2 Å². The van der Waals surface area contributed by atoms with E-state index >= 15 is 0 Å². The predicted molar refractivity (Wildman–Crippen MR) is 70.9 cm³/mol. The highest BCUT2D eigenvalue weighted by Crippen LogP contribution is 2.32. The molecule has 18 heavy (non-hydrogen) atoms. The molecule has 0 amide bonds. The molecule has 0 bridgehead atoms. The molecule has 96 valence electrons. The summed E-state index contributed by atoms with van der Waals surface area (Å²) in [5.74, 6) is 2.92. The second-order valence-corrected chi connectivity index (χ2v) is 4.05. The van der Waals surface area contributed by atoms with E-state index < -0.39 is 0 Å². The highest BCUT2D eigenvalue weighted by atomic mass is 16.5. The summed E-state index contributed by atoms with van der Waals surface area (Å²) in [5, 5.41) is 0. The van der Waals surface area contributed by atoms with Crippen molar-refractivity contribution in [2.45, 2.75) is 6.92 Å². The van der Waals surface area contributed by atoms with Crippen LogP contribution in [0.2, 0.25) is 0 Å². The molecule has 1 aromatic heterocycles. The molecular formula is C13H17N3O2. The first-order valence-corrected chi connectivity index (χ1v) is 5.59. The molecule has 1 heterocycles. The van der Waals surface area contributed by atoms with Crippen LogP contribution in [0.3, 0.4) is 0 Å². The molecule has 2 aromatic rings. The number of methoxy groups -OCH3 is 2. The van der Waals surface area contributed by atoms with Crippen LogP contribution < -0.4 is 15.2 Å². The van der Waals surface area contributed by atoms with Crippen LogP contribution in [0, 0.1) is 6.92 Å². The summed E-state index contributed by atoms with van der Waals surface area (Å²) >= 11 is 0. The lowest BCUT2D eigenvalue weighted by Gasteiger charge is -2.07. The van der Waals surface area contributed by atoms with Gasteiger partial charge in [0, 0.05) is 18.7 Å². The maximum Gasteiger partial charge on any atom is 0.131 e. The minimum Gasteiger partial charge on any atom is -0.497 e. The standard InChI is InChI=1S/C13H17N3O2/c1-8-15-12(13(14)16(8)2)9-5-10(17-3)7-11(6-9)18-4/h5-7H,14H2,1-4H3. The molecular weight excluding hydrogens is 230 g/mol. The monoisotopic (exact) mass is 247 g/mol. The van der Waals surface area contributed by atoms with E-state index in [1.54, 1.807) is 14.2 Å². The second-order valence-electron chi connectivity index (χ2n) is 4.05. The summed E-state index contributed by atoms with van der Waals surface area (Å²) in [6, 6.07) is 5.59. The van der Waals surface area contributed by atoms with Gasteiger partial charge in [-0.25, -0.2) is 4.98 Å². The molecule has 0 saturated carbocycles. The number of nitrogens with two attached hydrogens (primary N) is 1. The number of anilines is 1. The Hall–Kier alpha value is -2.17. The number of imidazole rings is 1. The number of benzene rings is 1. The van der Waals surface area contributed by atoms with Gasteiger partial charge >= 0.3 is 0 Å². The van der Waals surface area contributed by atoms with E-state index in [0.29, 0.717) is 17.3 Å². The zero-order chi connectivity index (χ0) is 13.3. The van der Waals surface area contributed by atoms with Gasteiger partial charge in [0.15, 0.2) is 0 Å².